The molecule has 2 amide bonds. The van der Waals surface area contributed by atoms with Crippen LogP contribution in [0.25, 0.3) is 10.9 Å². The number of aromatic nitrogens is 2. The van der Waals surface area contributed by atoms with Crippen molar-refractivity contribution in [3.63, 3.8) is 0 Å². The van der Waals surface area contributed by atoms with Crippen molar-refractivity contribution in [1.82, 2.24) is 20.2 Å². The summed E-state index contributed by atoms with van der Waals surface area (Å²) >= 11 is 0. The van der Waals surface area contributed by atoms with Gasteiger partial charge in [-0.15, -0.1) is 0 Å². The Kier molecular flexibility index (Phi) is 5.89. The number of fused-ring (bicyclic) bond motifs is 1. The smallest absolute Gasteiger partial charge is 0.225 e. The summed E-state index contributed by atoms with van der Waals surface area (Å²) in [4.78, 5) is 34.4. The van der Waals surface area contributed by atoms with E-state index in [0.29, 0.717) is 25.9 Å². The van der Waals surface area contributed by atoms with Crippen LogP contribution in [0.1, 0.15) is 30.4 Å². The molecule has 6 heteroatoms. The van der Waals surface area contributed by atoms with Crippen molar-refractivity contribution in [2.24, 2.45) is 5.92 Å². The fourth-order valence-corrected chi connectivity index (χ4v) is 3.99. The summed E-state index contributed by atoms with van der Waals surface area (Å²) in [6.45, 7) is 1.74. The van der Waals surface area contributed by atoms with Crippen LogP contribution in [0.2, 0.25) is 0 Å². The first-order valence-electron chi connectivity index (χ1n) is 10.2. The zero-order chi connectivity index (χ0) is 20.1. The van der Waals surface area contributed by atoms with Crippen molar-refractivity contribution in [3.05, 3.63) is 66.1 Å². The van der Waals surface area contributed by atoms with Gasteiger partial charge in [0.05, 0.1) is 5.92 Å². The molecule has 0 unspecified atom stereocenters. The maximum absolute atomic E-state index is 12.8. The van der Waals surface area contributed by atoms with E-state index in [2.05, 4.69) is 21.4 Å². The van der Waals surface area contributed by atoms with Crippen molar-refractivity contribution in [3.8, 4) is 0 Å². The number of amides is 2. The third-order valence-corrected chi connectivity index (χ3v) is 5.64. The van der Waals surface area contributed by atoms with Crippen LogP contribution in [0.3, 0.4) is 0 Å². The predicted octanol–water partition coefficient (Wildman–Crippen LogP) is 3.05. The molecule has 3 aromatic rings. The third-order valence-electron chi connectivity index (χ3n) is 5.64. The summed E-state index contributed by atoms with van der Waals surface area (Å²) in [5, 5.41) is 4.17. The van der Waals surface area contributed by atoms with Crippen molar-refractivity contribution in [2.75, 3.05) is 13.1 Å². The van der Waals surface area contributed by atoms with Gasteiger partial charge in [0.15, 0.2) is 0 Å². The van der Waals surface area contributed by atoms with E-state index in [9.17, 15) is 9.59 Å². The van der Waals surface area contributed by atoms with Gasteiger partial charge in [-0.3, -0.25) is 14.6 Å². The van der Waals surface area contributed by atoms with Gasteiger partial charge in [-0.1, -0.05) is 18.2 Å². The highest BCUT2D eigenvalue weighted by Gasteiger charge is 2.28. The molecule has 1 fully saturated rings. The Morgan fingerprint density at radius 3 is 2.86 bits per heavy atom. The molecular formula is C23H26N4O2. The average molecular weight is 390 g/mol. The molecule has 0 bridgehead atoms. The number of para-hydroxylation sites is 1. The molecule has 0 aliphatic carbocycles. The zero-order valence-corrected chi connectivity index (χ0v) is 16.4. The number of H-pyrrole nitrogens is 1. The monoisotopic (exact) mass is 390 g/mol. The molecule has 29 heavy (non-hydrogen) atoms. The topological polar surface area (TPSA) is 78.1 Å². The fraction of sp³-hybridized carbons (Fsp3) is 0.348. The second kappa shape index (κ2) is 8.90. The normalized spacial score (nSPS) is 16.7. The fourth-order valence-electron chi connectivity index (χ4n) is 3.99. The van der Waals surface area contributed by atoms with Gasteiger partial charge >= 0.3 is 0 Å². The van der Waals surface area contributed by atoms with E-state index in [1.807, 2.05) is 41.4 Å². The number of aromatic amines is 1. The van der Waals surface area contributed by atoms with Crippen molar-refractivity contribution in [1.29, 1.82) is 0 Å². The van der Waals surface area contributed by atoms with Gasteiger partial charge in [0.1, 0.15) is 0 Å². The average Bonchev–Trinajstić information content (AvgIpc) is 3.20. The highest BCUT2D eigenvalue weighted by atomic mass is 16.2. The second-order valence-corrected chi connectivity index (χ2v) is 7.61. The largest absolute Gasteiger partial charge is 0.361 e. The molecule has 0 radical (unpaired) electrons. The van der Waals surface area contributed by atoms with Crippen LogP contribution in [-0.4, -0.2) is 39.8 Å². The summed E-state index contributed by atoms with van der Waals surface area (Å²) < 4.78 is 0. The van der Waals surface area contributed by atoms with Crippen LogP contribution in [0.4, 0.5) is 0 Å². The van der Waals surface area contributed by atoms with Gasteiger partial charge in [0.25, 0.3) is 0 Å². The first kappa shape index (κ1) is 19.2. The van der Waals surface area contributed by atoms with E-state index in [-0.39, 0.29) is 17.7 Å². The van der Waals surface area contributed by atoms with Crippen LogP contribution >= 0.6 is 0 Å². The van der Waals surface area contributed by atoms with Gasteiger partial charge in [-0.2, -0.15) is 0 Å². The number of likely N-dealkylation sites (tertiary alicyclic amines) is 1. The molecule has 0 spiro atoms. The third kappa shape index (κ3) is 4.65. The van der Waals surface area contributed by atoms with Crippen LogP contribution in [0.5, 0.6) is 0 Å². The number of pyridine rings is 1. The van der Waals surface area contributed by atoms with Crippen molar-refractivity contribution < 1.29 is 9.59 Å². The Morgan fingerprint density at radius 1 is 1.17 bits per heavy atom. The van der Waals surface area contributed by atoms with E-state index in [1.54, 1.807) is 12.4 Å². The summed E-state index contributed by atoms with van der Waals surface area (Å²) in [6, 6.07) is 11.9. The number of hydrogen-bond donors (Lipinski definition) is 2. The molecule has 6 nitrogen and oxygen atoms in total. The van der Waals surface area contributed by atoms with Gasteiger partial charge in [0.2, 0.25) is 11.8 Å². The minimum Gasteiger partial charge on any atom is -0.361 e. The molecule has 1 saturated heterocycles. The highest BCUT2D eigenvalue weighted by Crippen LogP contribution is 2.21. The van der Waals surface area contributed by atoms with E-state index in [0.717, 1.165) is 36.0 Å². The molecule has 3 heterocycles. The molecule has 1 aliphatic heterocycles. The van der Waals surface area contributed by atoms with Crippen LogP contribution in [0, 0.1) is 5.92 Å². The lowest BCUT2D eigenvalue weighted by molar-refractivity contribution is -0.135. The van der Waals surface area contributed by atoms with Gasteiger partial charge < -0.3 is 15.2 Å². The SMILES string of the molecule is O=C(NCc1ccncc1)[C@@H]1CCCN(C(=O)CCc2c[nH]c3ccccc23)C1. The lowest BCUT2D eigenvalue weighted by Gasteiger charge is -2.32. The van der Waals surface area contributed by atoms with E-state index < -0.39 is 0 Å². The molecule has 4 rings (SSSR count). The minimum absolute atomic E-state index is 0.0240. The zero-order valence-electron chi connectivity index (χ0n) is 16.4. The molecule has 2 aromatic heterocycles. The van der Waals surface area contributed by atoms with Crippen molar-refractivity contribution >= 4 is 22.7 Å². The summed E-state index contributed by atoms with van der Waals surface area (Å²) in [5.74, 6) is 0.0143. The summed E-state index contributed by atoms with van der Waals surface area (Å²) in [5.41, 5.74) is 3.28. The first-order chi connectivity index (χ1) is 14.2. The molecular weight excluding hydrogens is 364 g/mol. The molecule has 150 valence electrons. The Balaban J connectivity index is 1.29. The first-order valence-corrected chi connectivity index (χ1v) is 10.2. The maximum atomic E-state index is 12.8. The van der Waals surface area contributed by atoms with Gasteiger partial charge in [-0.05, 0) is 48.6 Å². The van der Waals surface area contributed by atoms with Gasteiger partial charge in [0, 0.05) is 55.5 Å². The Labute approximate surface area is 170 Å². The van der Waals surface area contributed by atoms with Gasteiger partial charge in [-0.25, -0.2) is 0 Å². The number of benzene rings is 1. The predicted molar refractivity (Wildman–Crippen MR) is 112 cm³/mol. The second-order valence-electron chi connectivity index (χ2n) is 7.61. The van der Waals surface area contributed by atoms with E-state index in [4.69, 9.17) is 0 Å². The molecule has 1 aliphatic rings. The minimum atomic E-state index is -0.136. The number of aryl methyl sites for hydroxylation is 1. The van der Waals surface area contributed by atoms with E-state index >= 15 is 0 Å². The highest BCUT2D eigenvalue weighted by molar-refractivity contribution is 5.84. The number of piperidine rings is 1. The number of nitrogens with zero attached hydrogens (tertiary/aromatic N) is 2. The molecule has 1 atom stereocenters. The standard InChI is InChI=1S/C23H26N4O2/c28-22(8-7-18-15-25-21-6-2-1-5-20(18)21)27-13-3-4-19(16-27)23(29)26-14-17-9-11-24-12-10-17/h1-2,5-6,9-12,15,19,25H,3-4,7-8,13-14,16H2,(H,26,29)/t19-/m1/s1. The van der Waals surface area contributed by atoms with Crippen LogP contribution in [-0.2, 0) is 22.6 Å². The summed E-state index contributed by atoms with van der Waals surface area (Å²) in [6.07, 6.45) is 8.29. The Morgan fingerprint density at radius 2 is 2.00 bits per heavy atom. The maximum Gasteiger partial charge on any atom is 0.225 e. The molecule has 0 saturated carbocycles. The molecule has 2 N–H and O–H groups in total. The van der Waals surface area contributed by atoms with E-state index in [1.165, 1.54) is 5.39 Å². The number of nitrogens with one attached hydrogen (secondary N) is 2. The lowest BCUT2D eigenvalue weighted by atomic mass is 9.96. The number of rotatable bonds is 6. The number of carbonyl (C=O) groups is 2. The summed E-state index contributed by atoms with van der Waals surface area (Å²) in [7, 11) is 0. The Bertz CT molecular complexity index is 983. The Hall–Kier alpha value is -3.15. The quantitative estimate of drug-likeness (QED) is 0.679. The van der Waals surface area contributed by atoms with Crippen LogP contribution in [0.15, 0.2) is 55.0 Å². The number of hydrogen-bond acceptors (Lipinski definition) is 3. The lowest BCUT2D eigenvalue weighted by Crippen LogP contribution is -2.45. The molecule has 1 aromatic carbocycles. The van der Waals surface area contributed by atoms with Crippen molar-refractivity contribution in [2.45, 2.75) is 32.2 Å². The number of carbonyl (C=O) groups excluding carboxylic acids is 2. The van der Waals surface area contributed by atoms with Crippen LogP contribution < -0.4 is 5.32 Å².